The van der Waals surface area contributed by atoms with Crippen molar-refractivity contribution in [2.24, 2.45) is 11.8 Å². The molecule has 3 aromatic rings. The highest BCUT2D eigenvalue weighted by Gasteiger charge is 2.42. The molecule has 1 saturated carbocycles. The Morgan fingerprint density at radius 1 is 1.03 bits per heavy atom. The second-order valence-corrected chi connectivity index (χ2v) is 9.07. The van der Waals surface area contributed by atoms with Gasteiger partial charge in [-0.1, -0.05) is 48.0 Å². The van der Waals surface area contributed by atoms with Crippen molar-refractivity contribution < 1.29 is 9.53 Å². The van der Waals surface area contributed by atoms with Crippen molar-refractivity contribution in [2.45, 2.75) is 32.4 Å². The summed E-state index contributed by atoms with van der Waals surface area (Å²) in [5.74, 6) is 2.38. The summed E-state index contributed by atoms with van der Waals surface area (Å²) in [6.45, 7) is 5.23. The highest BCUT2D eigenvalue weighted by atomic mass is 16.5. The van der Waals surface area contributed by atoms with Gasteiger partial charge in [0.25, 0.3) is 0 Å². The average molecular weight is 416 g/mol. The fourth-order valence-electron chi connectivity index (χ4n) is 5.04. The van der Waals surface area contributed by atoms with Crippen LogP contribution < -0.4 is 4.74 Å². The quantitative estimate of drug-likeness (QED) is 0.543. The molecule has 160 valence electrons. The smallest absolute Gasteiger partial charge is 0.179 e. The molecule has 1 aliphatic heterocycles. The summed E-state index contributed by atoms with van der Waals surface area (Å²) in [6, 6.07) is 18.5. The Morgan fingerprint density at radius 3 is 2.45 bits per heavy atom. The Balaban J connectivity index is 1.11. The molecular formula is C26H29N3O2. The lowest BCUT2D eigenvalue weighted by Gasteiger charge is -2.19. The zero-order valence-corrected chi connectivity index (χ0v) is 18.0. The molecular weight excluding hydrogens is 386 g/mol. The largest absolute Gasteiger partial charge is 0.490 e. The number of aryl methyl sites for hydroxylation is 1. The minimum absolute atomic E-state index is 0.159. The van der Waals surface area contributed by atoms with E-state index in [1.807, 2.05) is 29.1 Å². The lowest BCUT2D eigenvalue weighted by Crippen LogP contribution is -2.29. The fraction of sp³-hybridized carbons (Fsp3) is 0.385. The van der Waals surface area contributed by atoms with E-state index in [4.69, 9.17) is 4.74 Å². The molecule has 2 aliphatic rings. The number of carbonyl (C=O) groups excluding carboxylic acids is 1. The van der Waals surface area contributed by atoms with E-state index in [0.29, 0.717) is 36.6 Å². The third kappa shape index (κ3) is 4.72. The Hall–Kier alpha value is -2.92. The van der Waals surface area contributed by atoms with Gasteiger partial charge in [0.05, 0.1) is 31.0 Å². The van der Waals surface area contributed by atoms with Crippen LogP contribution in [0.2, 0.25) is 0 Å². The number of hydrogen-bond donors (Lipinski definition) is 0. The fourth-order valence-corrected chi connectivity index (χ4v) is 5.04. The number of ketones is 1. The summed E-state index contributed by atoms with van der Waals surface area (Å²) in [5, 5.41) is 4.38. The van der Waals surface area contributed by atoms with Crippen LogP contribution in [-0.4, -0.2) is 46.2 Å². The van der Waals surface area contributed by atoms with E-state index >= 15 is 0 Å². The van der Waals surface area contributed by atoms with E-state index in [0.717, 1.165) is 31.7 Å². The maximum absolute atomic E-state index is 12.8. The second-order valence-electron chi connectivity index (χ2n) is 9.07. The minimum atomic E-state index is 0.159. The third-order valence-corrected chi connectivity index (χ3v) is 6.62. The number of hydrogen-bond acceptors (Lipinski definition) is 4. The van der Waals surface area contributed by atoms with Crippen molar-refractivity contribution in [3.05, 3.63) is 83.7 Å². The molecule has 0 spiro atoms. The molecule has 0 bridgehead atoms. The number of Topliss-reactive ketones (excluding diaryl/α,β-unsaturated/α-hetero) is 1. The predicted octanol–water partition coefficient (Wildman–Crippen LogP) is 4.21. The Labute approximate surface area is 183 Å². The molecule has 2 heterocycles. The standard InChI is InChI=1S/C26H29N3O2/c1-19-7-9-24(10-8-19)31-25-11-21-15-28(16-22(21)12-25)18-26(30)23-13-27-29(17-23)14-20-5-3-2-4-6-20/h2-10,13,17,21-22,25H,11-12,14-16,18H2,1H3/t21-,22+,25?. The number of benzene rings is 2. The number of carbonyl (C=O) groups is 1. The van der Waals surface area contributed by atoms with Gasteiger partial charge in [-0.3, -0.25) is 14.4 Å². The number of aromatic nitrogens is 2. The molecule has 3 atom stereocenters. The van der Waals surface area contributed by atoms with E-state index in [-0.39, 0.29) is 5.78 Å². The molecule has 1 saturated heterocycles. The summed E-state index contributed by atoms with van der Waals surface area (Å²) in [6.07, 6.45) is 6.04. The zero-order valence-electron chi connectivity index (χ0n) is 18.0. The molecule has 0 amide bonds. The molecule has 2 fully saturated rings. The van der Waals surface area contributed by atoms with Gasteiger partial charge in [0.15, 0.2) is 5.78 Å². The Kier molecular flexibility index (Phi) is 5.60. The van der Waals surface area contributed by atoms with Gasteiger partial charge in [-0.15, -0.1) is 0 Å². The lowest BCUT2D eigenvalue weighted by atomic mass is 10.0. The molecule has 1 aromatic heterocycles. The van der Waals surface area contributed by atoms with Crippen molar-refractivity contribution in [1.29, 1.82) is 0 Å². The second kappa shape index (κ2) is 8.67. The molecule has 5 rings (SSSR count). The minimum Gasteiger partial charge on any atom is -0.490 e. The first kappa shape index (κ1) is 20.0. The molecule has 0 radical (unpaired) electrons. The van der Waals surface area contributed by atoms with Gasteiger partial charge in [-0.2, -0.15) is 5.10 Å². The third-order valence-electron chi connectivity index (χ3n) is 6.62. The van der Waals surface area contributed by atoms with Gasteiger partial charge >= 0.3 is 0 Å². The van der Waals surface area contributed by atoms with Crippen molar-refractivity contribution in [3.8, 4) is 5.75 Å². The summed E-state index contributed by atoms with van der Waals surface area (Å²) >= 11 is 0. The van der Waals surface area contributed by atoms with E-state index in [9.17, 15) is 4.79 Å². The summed E-state index contributed by atoms with van der Waals surface area (Å²) in [7, 11) is 0. The van der Waals surface area contributed by atoms with Crippen LogP contribution in [0.3, 0.4) is 0 Å². The maximum Gasteiger partial charge on any atom is 0.179 e. The zero-order chi connectivity index (χ0) is 21.2. The number of fused-ring (bicyclic) bond motifs is 1. The van der Waals surface area contributed by atoms with Crippen molar-refractivity contribution in [3.63, 3.8) is 0 Å². The van der Waals surface area contributed by atoms with Gasteiger partial charge in [-0.05, 0) is 49.3 Å². The monoisotopic (exact) mass is 415 g/mol. The highest BCUT2D eigenvalue weighted by molar-refractivity contribution is 5.97. The van der Waals surface area contributed by atoms with E-state index < -0.39 is 0 Å². The van der Waals surface area contributed by atoms with Crippen LogP contribution >= 0.6 is 0 Å². The highest BCUT2D eigenvalue weighted by Crippen LogP contribution is 2.39. The summed E-state index contributed by atoms with van der Waals surface area (Å²) in [4.78, 5) is 15.1. The molecule has 5 nitrogen and oxygen atoms in total. The van der Waals surface area contributed by atoms with Crippen LogP contribution in [-0.2, 0) is 6.54 Å². The molecule has 31 heavy (non-hydrogen) atoms. The van der Waals surface area contributed by atoms with Crippen LogP contribution in [0.5, 0.6) is 5.75 Å². The maximum atomic E-state index is 12.8. The topological polar surface area (TPSA) is 47.4 Å². The van der Waals surface area contributed by atoms with Gasteiger partial charge in [0.1, 0.15) is 5.75 Å². The predicted molar refractivity (Wildman–Crippen MR) is 120 cm³/mol. The normalized spacial score (nSPS) is 23.1. The number of ether oxygens (including phenoxy) is 1. The lowest BCUT2D eigenvalue weighted by molar-refractivity contribution is 0.0936. The van der Waals surface area contributed by atoms with E-state index in [1.54, 1.807) is 6.20 Å². The van der Waals surface area contributed by atoms with Crippen LogP contribution in [0.4, 0.5) is 0 Å². The van der Waals surface area contributed by atoms with Gasteiger partial charge < -0.3 is 4.74 Å². The van der Waals surface area contributed by atoms with Crippen LogP contribution in [0, 0.1) is 18.8 Å². The molecule has 1 unspecified atom stereocenters. The summed E-state index contributed by atoms with van der Waals surface area (Å²) < 4.78 is 8.05. The first-order chi connectivity index (χ1) is 15.1. The summed E-state index contributed by atoms with van der Waals surface area (Å²) in [5.41, 5.74) is 3.13. The van der Waals surface area contributed by atoms with Crippen LogP contribution in [0.1, 0.15) is 34.3 Å². The Bertz CT molecular complexity index is 1010. The number of likely N-dealkylation sites (tertiary alicyclic amines) is 1. The van der Waals surface area contributed by atoms with Crippen molar-refractivity contribution >= 4 is 5.78 Å². The van der Waals surface area contributed by atoms with Gasteiger partial charge in [-0.25, -0.2) is 0 Å². The molecule has 1 aliphatic carbocycles. The van der Waals surface area contributed by atoms with Gasteiger partial charge in [0.2, 0.25) is 0 Å². The number of rotatable bonds is 7. The van der Waals surface area contributed by atoms with Crippen molar-refractivity contribution in [2.75, 3.05) is 19.6 Å². The van der Waals surface area contributed by atoms with E-state index in [1.165, 1.54) is 11.1 Å². The van der Waals surface area contributed by atoms with E-state index in [2.05, 4.69) is 53.3 Å². The van der Waals surface area contributed by atoms with Gasteiger partial charge in [0, 0.05) is 19.3 Å². The molecule has 0 N–H and O–H groups in total. The first-order valence-corrected chi connectivity index (χ1v) is 11.2. The first-order valence-electron chi connectivity index (χ1n) is 11.2. The Morgan fingerprint density at radius 2 is 1.74 bits per heavy atom. The van der Waals surface area contributed by atoms with Crippen molar-refractivity contribution in [1.82, 2.24) is 14.7 Å². The molecule has 2 aromatic carbocycles. The SMILES string of the molecule is Cc1ccc(OC2C[C@@H]3CN(CC(=O)c4cnn(Cc5ccccc5)c4)C[C@@H]3C2)cc1. The van der Waals surface area contributed by atoms with Crippen LogP contribution in [0.25, 0.3) is 0 Å². The molecule has 5 heteroatoms. The number of nitrogens with zero attached hydrogens (tertiary/aromatic N) is 3. The van der Waals surface area contributed by atoms with Crippen LogP contribution in [0.15, 0.2) is 67.0 Å². The average Bonchev–Trinajstić information content (AvgIpc) is 3.46.